The fourth-order valence-electron chi connectivity index (χ4n) is 3.65. The van der Waals surface area contributed by atoms with Gasteiger partial charge in [0.05, 0.1) is 0 Å². The predicted octanol–water partition coefficient (Wildman–Crippen LogP) is 4.05. The van der Waals surface area contributed by atoms with E-state index in [9.17, 15) is 8.78 Å². The summed E-state index contributed by atoms with van der Waals surface area (Å²) in [4.78, 5) is 2.37. The molecule has 0 radical (unpaired) electrons. The quantitative estimate of drug-likeness (QED) is 0.809. The second-order valence-electron chi connectivity index (χ2n) is 6.34. The van der Waals surface area contributed by atoms with Crippen LogP contribution in [-0.2, 0) is 6.54 Å². The highest BCUT2D eigenvalue weighted by molar-refractivity contribution is 9.10. The average Bonchev–Trinajstić information content (AvgIpc) is 2.85. The molecule has 130 valence electrons. The lowest BCUT2D eigenvalue weighted by Crippen LogP contribution is -2.38. The van der Waals surface area contributed by atoms with E-state index in [4.69, 9.17) is 0 Å². The van der Waals surface area contributed by atoms with Crippen LogP contribution in [0.5, 0.6) is 5.75 Å². The minimum atomic E-state index is -2.78. The van der Waals surface area contributed by atoms with E-state index in [1.54, 1.807) is 12.1 Å². The summed E-state index contributed by atoms with van der Waals surface area (Å²) in [5.74, 6) is 0.282. The Morgan fingerprint density at radius 2 is 2.00 bits per heavy atom. The van der Waals surface area contributed by atoms with Crippen molar-refractivity contribution in [3.05, 3.63) is 28.2 Å². The molecule has 1 aromatic rings. The number of ether oxygens (including phenoxy) is 1. The van der Waals surface area contributed by atoms with Crippen molar-refractivity contribution in [2.24, 2.45) is 5.41 Å². The Hall–Kier alpha value is -0.430. The van der Waals surface area contributed by atoms with Crippen LogP contribution < -0.4 is 10.1 Å². The summed E-state index contributed by atoms with van der Waals surface area (Å²) in [6, 6.07) is 5.23. The molecule has 2 heterocycles. The molecular formula is C16H22BrClF2N2O. The SMILES string of the molecule is Cl.FC(F)Oc1ccc(Br)cc1CN1CCC2(CCNCC2)C1. The Balaban J connectivity index is 0.00000192. The van der Waals surface area contributed by atoms with E-state index >= 15 is 0 Å². The van der Waals surface area contributed by atoms with Gasteiger partial charge in [-0.25, -0.2) is 0 Å². The van der Waals surface area contributed by atoms with Gasteiger partial charge in [0.25, 0.3) is 0 Å². The van der Waals surface area contributed by atoms with Gasteiger partial charge < -0.3 is 10.1 Å². The number of nitrogens with zero attached hydrogens (tertiary/aromatic N) is 1. The van der Waals surface area contributed by atoms with Crippen LogP contribution in [0.4, 0.5) is 8.78 Å². The summed E-state index contributed by atoms with van der Waals surface area (Å²) < 4.78 is 30.6. The highest BCUT2D eigenvalue weighted by atomic mass is 79.9. The van der Waals surface area contributed by atoms with Crippen molar-refractivity contribution in [1.29, 1.82) is 0 Å². The molecule has 0 aromatic heterocycles. The van der Waals surface area contributed by atoms with Gasteiger partial charge in [0, 0.05) is 23.1 Å². The molecule has 0 bridgehead atoms. The summed E-state index contributed by atoms with van der Waals surface area (Å²) in [7, 11) is 0. The number of halogens is 4. The standard InChI is InChI=1S/C16H21BrF2N2O.ClH/c17-13-1-2-14(22-15(18)19)12(9-13)10-21-8-5-16(11-21)3-6-20-7-4-16;/h1-2,9,15,20H,3-8,10-11H2;1H. The van der Waals surface area contributed by atoms with Crippen molar-refractivity contribution in [3.63, 3.8) is 0 Å². The normalized spacial score (nSPS) is 20.7. The van der Waals surface area contributed by atoms with Crippen LogP contribution in [0.3, 0.4) is 0 Å². The minimum Gasteiger partial charge on any atom is -0.434 e. The molecular weight excluding hydrogens is 390 g/mol. The van der Waals surface area contributed by atoms with Crippen LogP contribution in [0.15, 0.2) is 22.7 Å². The van der Waals surface area contributed by atoms with E-state index in [0.717, 1.165) is 36.2 Å². The lowest BCUT2D eigenvalue weighted by atomic mass is 9.78. The number of nitrogens with one attached hydrogen (secondary N) is 1. The Labute approximate surface area is 150 Å². The van der Waals surface area contributed by atoms with Crippen molar-refractivity contribution in [1.82, 2.24) is 10.2 Å². The van der Waals surface area contributed by atoms with Gasteiger partial charge in [-0.3, -0.25) is 4.90 Å². The first-order valence-corrected chi connectivity index (χ1v) is 8.52. The zero-order valence-corrected chi connectivity index (χ0v) is 15.3. The van der Waals surface area contributed by atoms with Gasteiger partial charge in [-0.05, 0) is 62.5 Å². The second kappa shape index (κ2) is 8.10. The number of alkyl halides is 2. The van der Waals surface area contributed by atoms with Gasteiger partial charge in [0.15, 0.2) is 0 Å². The lowest BCUT2D eigenvalue weighted by Gasteiger charge is -2.34. The second-order valence-corrected chi connectivity index (χ2v) is 7.26. The fourth-order valence-corrected chi connectivity index (χ4v) is 4.06. The van der Waals surface area contributed by atoms with Crippen molar-refractivity contribution in [3.8, 4) is 5.75 Å². The number of rotatable bonds is 4. The molecule has 1 aromatic carbocycles. The first kappa shape index (κ1) is 18.9. The molecule has 2 saturated heterocycles. The maximum atomic E-state index is 12.5. The molecule has 0 atom stereocenters. The number of hydrogen-bond donors (Lipinski definition) is 1. The van der Waals surface area contributed by atoms with Crippen LogP contribution in [0.2, 0.25) is 0 Å². The summed E-state index contributed by atoms with van der Waals surface area (Å²) in [6.45, 7) is 2.14. The summed E-state index contributed by atoms with van der Waals surface area (Å²) >= 11 is 3.41. The number of hydrogen-bond acceptors (Lipinski definition) is 3. The highest BCUT2D eigenvalue weighted by Gasteiger charge is 2.38. The van der Waals surface area contributed by atoms with Crippen LogP contribution in [0.25, 0.3) is 0 Å². The van der Waals surface area contributed by atoms with Gasteiger partial charge in [-0.2, -0.15) is 8.78 Å². The molecule has 23 heavy (non-hydrogen) atoms. The molecule has 1 N–H and O–H groups in total. The first-order chi connectivity index (χ1) is 10.6. The molecule has 0 aliphatic carbocycles. The van der Waals surface area contributed by atoms with Crippen molar-refractivity contribution in [2.75, 3.05) is 26.2 Å². The third kappa shape index (κ3) is 4.78. The smallest absolute Gasteiger partial charge is 0.387 e. The number of piperidine rings is 1. The van der Waals surface area contributed by atoms with Crippen LogP contribution in [0.1, 0.15) is 24.8 Å². The summed E-state index contributed by atoms with van der Waals surface area (Å²) in [6.07, 6.45) is 3.62. The molecule has 0 saturated carbocycles. The molecule has 1 spiro atoms. The molecule has 0 unspecified atom stereocenters. The van der Waals surface area contributed by atoms with Gasteiger partial charge in [0.1, 0.15) is 5.75 Å². The molecule has 2 aliphatic heterocycles. The third-order valence-electron chi connectivity index (χ3n) is 4.81. The molecule has 0 amide bonds. The Morgan fingerprint density at radius 3 is 2.70 bits per heavy atom. The molecule has 7 heteroatoms. The van der Waals surface area contributed by atoms with Gasteiger partial charge >= 0.3 is 6.61 Å². The zero-order valence-electron chi connectivity index (χ0n) is 12.9. The number of likely N-dealkylation sites (tertiary alicyclic amines) is 1. The third-order valence-corrected chi connectivity index (χ3v) is 5.31. The Kier molecular flexibility index (Phi) is 6.66. The molecule has 2 aliphatic rings. The average molecular weight is 412 g/mol. The van der Waals surface area contributed by atoms with Crippen LogP contribution >= 0.6 is 28.3 Å². The van der Waals surface area contributed by atoms with E-state index in [1.165, 1.54) is 19.3 Å². The maximum Gasteiger partial charge on any atom is 0.387 e. The topological polar surface area (TPSA) is 24.5 Å². The van der Waals surface area contributed by atoms with E-state index in [1.807, 2.05) is 6.07 Å². The van der Waals surface area contributed by atoms with Gasteiger partial charge in [-0.15, -0.1) is 12.4 Å². The predicted molar refractivity (Wildman–Crippen MR) is 92.5 cm³/mol. The Bertz CT molecular complexity index is 527. The monoisotopic (exact) mass is 410 g/mol. The van der Waals surface area contributed by atoms with E-state index in [2.05, 4.69) is 30.9 Å². The lowest BCUT2D eigenvalue weighted by molar-refractivity contribution is -0.0507. The van der Waals surface area contributed by atoms with E-state index < -0.39 is 6.61 Å². The van der Waals surface area contributed by atoms with E-state index in [-0.39, 0.29) is 18.2 Å². The van der Waals surface area contributed by atoms with Crippen LogP contribution in [0, 0.1) is 5.41 Å². The van der Waals surface area contributed by atoms with Crippen molar-refractivity contribution < 1.29 is 13.5 Å². The van der Waals surface area contributed by atoms with E-state index in [0.29, 0.717) is 12.0 Å². The fraction of sp³-hybridized carbons (Fsp3) is 0.625. The van der Waals surface area contributed by atoms with Crippen molar-refractivity contribution in [2.45, 2.75) is 32.4 Å². The summed E-state index contributed by atoms with van der Waals surface area (Å²) in [5, 5.41) is 3.41. The highest BCUT2D eigenvalue weighted by Crippen LogP contribution is 2.39. The molecule has 3 rings (SSSR count). The first-order valence-electron chi connectivity index (χ1n) is 7.73. The zero-order chi connectivity index (χ0) is 15.6. The maximum absolute atomic E-state index is 12.5. The Morgan fingerprint density at radius 1 is 1.26 bits per heavy atom. The largest absolute Gasteiger partial charge is 0.434 e. The molecule has 2 fully saturated rings. The molecule has 3 nitrogen and oxygen atoms in total. The van der Waals surface area contributed by atoms with Crippen molar-refractivity contribution >= 4 is 28.3 Å². The van der Waals surface area contributed by atoms with Gasteiger partial charge in [0.2, 0.25) is 0 Å². The minimum absolute atomic E-state index is 0. The number of benzene rings is 1. The van der Waals surface area contributed by atoms with Crippen LogP contribution in [-0.4, -0.2) is 37.7 Å². The summed E-state index contributed by atoms with van der Waals surface area (Å²) in [5.41, 5.74) is 1.24. The van der Waals surface area contributed by atoms with Gasteiger partial charge in [-0.1, -0.05) is 15.9 Å².